The van der Waals surface area contributed by atoms with Gasteiger partial charge < -0.3 is 0 Å². The van der Waals surface area contributed by atoms with E-state index in [0.717, 1.165) is 4.32 Å². The van der Waals surface area contributed by atoms with Crippen molar-refractivity contribution in [2.75, 3.05) is 0 Å². The van der Waals surface area contributed by atoms with Gasteiger partial charge in [-0.05, 0) is 13.8 Å². The van der Waals surface area contributed by atoms with Crippen molar-refractivity contribution in [3.8, 4) is 0 Å². The second kappa shape index (κ2) is 1.81. The molecule has 0 N–H and O–H groups in total. The number of thiocarbonyl (C=S) groups is 1. The largest absolute Gasteiger partial charge is 0.241 e. The molecule has 0 saturated heterocycles. The van der Waals surface area contributed by atoms with Crippen molar-refractivity contribution in [2.45, 2.75) is 18.6 Å². The zero-order valence-electron chi connectivity index (χ0n) is 4.84. The van der Waals surface area contributed by atoms with Crippen molar-refractivity contribution in [3.05, 3.63) is 0 Å². The van der Waals surface area contributed by atoms with Gasteiger partial charge in [0.1, 0.15) is 0 Å². The molecule has 0 aromatic carbocycles. The van der Waals surface area contributed by atoms with E-state index < -0.39 is 0 Å². The van der Waals surface area contributed by atoms with Gasteiger partial charge in [0.05, 0.1) is 4.75 Å². The van der Waals surface area contributed by atoms with Crippen LogP contribution >= 0.6 is 24.0 Å². The van der Waals surface area contributed by atoms with Crippen LogP contribution in [0.5, 0.6) is 0 Å². The maximum atomic E-state index is 4.83. The predicted molar refractivity (Wildman–Crippen MR) is 42.8 cm³/mol. The molecule has 0 unspecified atom stereocenters. The zero-order valence-corrected chi connectivity index (χ0v) is 6.47. The molecule has 0 aromatic heterocycles. The van der Waals surface area contributed by atoms with E-state index in [1.165, 1.54) is 0 Å². The van der Waals surface area contributed by atoms with Crippen LogP contribution in [-0.2, 0) is 0 Å². The second-order valence-corrected chi connectivity index (χ2v) is 4.52. The van der Waals surface area contributed by atoms with E-state index in [1.54, 1.807) is 11.8 Å². The van der Waals surface area contributed by atoms with Crippen LogP contribution in [-0.4, -0.2) is 15.3 Å². The van der Waals surface area contributed by atoms with E-state index in [4.69, 9.17) is 12.2 Å². The summed E-state index contributed by atoms with van der Waals surface area (Å²) in [6, 6.07) is 0. The summed E-state index contributed by atoms with van der Waals surface area (Å²) in [7, 11) is 0. The van der Waals surface area contributed by atoms with Gasteiger partial charge in [-0.1, -0.05) is 24.0 Å². The molecular weight excluding hydrogens is 138 g/mol. The van der Waals surface area contributed by atoms with Gasteiger partial charge in [0.25, 0.3) is 0 Å². The first-order valence-electron chi connectivity index (χ1n) is 2.38. The molecule has 0 spiro atoms. The Morgan fingerprint density at radius 2 is 2.38 bits per heavy atom. The molecule has 0 atom stereocenters. The average Bonchev–Trinajstić information content (AvgIpc) is 1.82. The molecule has 1 aliphatic rings. The van der Waals surface area contributed by atoms with Crippen molar-refractivity contribution >= 4 is 34.5 Å². The molecule has 0 amide bonds. The van der Waals surface area contributed by atoms with E-state index in [1.807, 2.05) is 6.21 Å². The fraction of sp³-hybridized carbons (Fsp3) is 0.600. The molecule has 3 heteroatoms. The number of aliphatic imine (C=N–C) groups is 1. The van der Waals surface area contributed by atoms with Gasteiger partial charge in [-0.2, -0.15) is 0 Å². The first-order chi connectivity index (χ1) is 3.60. The summed E-state index contributed by atoms with van der Waals surface area (Å²) in [4.78, 5) is 3.96. The maximum Gasteiger partial charge on any atom is 0.160 e. The minimum absolute atomic E-state index is 0.150. The summed E-state index contributed by atoms with van der Waals surface area (Å²) in [6.45, 7) is 4.20. The molecule has 1 nitrogen and oxygen atoms in total. The number of rotatable bonds is 0. The minimum Gasteiger partial charge on any atom is -0.241 e. The Bertz CT molecular complexity index is 149. The van der Waals surface area contributed by atoms with Gasteiger partial charge >= 0.3 is 0 Å². The first kappa shape index (κ1) is 6.23. The van der Waals surface area contributed by atoms with Gasteiger partial charge in [-0.15, -0.1) is 0 Å². The van der Waals surface area contributed by atoms with E-state index in [2.05, 4.69) is 18.8 Å². The third kappa shape index (κ3) is 1.29. The normalized spacial score (nSPS) is 24.5. The fourth-order valence-electron chi connectivity index (χ4n) is 0.486. The predicted octanol–water partition coefficient (Wildman–Crippen LogP) is 1.87. The lowest BCUT2D eigenvalue weighted by Crippen LogP contribution is -2.11. The Hall–Kier alpha value is 0.110. The highest BCUT2D eigenvalue weighted by molar-refractivity contribution is 8.24. The van der Waals surface area contributed by atoms with Crippen molar-refractivity contribution in [1.29, 1.82) is 0 Å². The molecule has 0 aromatic rings. The smallest absolute Gasteiger partial charge is 0.160 e. The topological polar surface area (TPSA) is 12.4 Å². The molecule has 0 radical (unpaired) electrons. The van der Waals surface area contributed by atoms with Gasteiger partial charge in [0.2, 0.25) is 0 Å². The van der Waals surface area contributed by atoms with Crippen LogP contribution in [0.4, 0.5) is 0 Å². The molecule has 1 rings (SSSR count). The molecule has 44 valence electrons. The summed E-state index contributed by atoms with van der Waals surface area (Å²) in [5.74, 6) is 0. The van der Waals surface area contributed by atoms with E-state index >= 15 is 0 Å². The lowest BCUT2D eigenvalue weighted by Gasteiger charge is -2.08. The molecule has 0 saturated carbocycles. The first-order valence-corrected chi connectivity index (χ1v) is 3.61. The third-order valence-corrected chi connectivity index (χ3v) is 2.10. The van der Waals surface area contributed by atoms with Crippen LogP contribution in [0.2, 0.25) is 0 Å². The Balaban J connectivity index is 2.72. The second-order valence-electron chi connectivity index (χ2n) is 2.23. The van der Waals surface area contributed by atoms with Crippen molar-refractivity contribution < 1.29 is 0 Å². The van der Waals surface area contributed by atoms with Gasteiger partial charge in [0, 0.05) is 6.21 Å². The fourth-order valence-corrected chi connectivity index (χ4v) is 1.84. The zero-order chi connectivity index (χ0) is 6.20. The molecule has 0 aliphatic carbocycles. The summed E-state index contributed by atoms with van der Waals surface area (Å²) in [6.07, 6.45) is 1.89. The molecule has 0 fully saturated rings. The summed E-state index contributed by atoms with van der Waals surface area (Å²) in [5.41, 5.74) is 0. The summed E-state index contributed by atoms with van der Waals surface area (Å²) in [5, 5.41) is 0. The lowest BCUT2D eigenvalue weighted by atomic mass is 10.2. The molecular formula is C5H7NS2. The van der Waals surface area contributed by atoms with Gasteiger partial charge in [0.15, 0.2) is 4.32 Å². The minimum atomic E-state index is 0.150. The van der Waals surface area contributed by atoms with Crippen LogP contribution in [0.3, 0.4) is 0 Å². The maximum absolute atomic E-state index is 4.83. The Labute approximate surface area is 58.6 Å². The van der Waals surface area contributed by atoms with Crippen molar-refractivity contribution in [1.82, 2.24) is 0 Å². The number of hydrogen-bond donors (Lipinski definition) is 0. The highest BCUT2D eigenvalue weighted by atomic mass is 32.2. The molecule has 8 heavy (non-hydrogen) atoms. The summed E-state index contributed by atoms with van der Waals surface area (Å²) < 4.78 is 0.909. The van der Waals surface area contributed by atoms with Crippen molar-refractivity contribution in [3.63, 3.8) is 0 Å². The van der Waals surface area contributed by atoms with Gasteiger partial charge in [-0.3, -0.25) is 0 Å². The Morgan fingerprint density at radius 3 is 2.50 bits per heavy atom. The average molecular weight is 145 g/mol. The van der Waals surface area contributed by atoms with Crippen LogP contribution in [0, 0.1) is 0 Å². The van der Waals surface area contributed by atoms with Gasteiger partial charge in [-0.25, -0.2) is 4.99 Å². The van der Waals surface area contributed by atoms with Crippen LogP contribution in [0.15, 0.2) is 4.99 Å². The standard InChI is InChI=1S/C5H7NS2/c1-5(2)3-6-4(7)8-5/h3H,1-2H3. The lowest BCUT2D eigenvalue weighted by molar-refractivity contribution is 0.988. The third-order valence-electron chi connectivity index (χ3n) is 0.831. The number of hydrogen-bond acceptors (Lipinski definition) is 2. The summed E-state index contributed by atoms with van der Waals surface area (Å²) >= 11 is 6.46. The molecule has 1 aliphatic heterocycles. The molecule has 1 heterocycles. The van der Waals surface area contributed by atoms with Crippen molar-refractivity contribution in [2.24, 2.45) is 4.99 Å². The Kier molecular flexibility index (Phi) is 1.41. The number of thioether (sulfide) groups is 1. The number of nitrogens with zero attached hydrogens (tertiary/aromatic N) is 1. The molecule has 0 bridgehead atoms. The van der Waals surface area contributed by atoms with E-state index in [0.29, 0.717) is 0 Å². The highest BCUT2D eigenvalue weighted by Gasteiger charge is 2.22. The van der Waals surface area contributed by atoms with Crippen LogP contribution in [0.25, 0.3) is 0 Å². The monoisotopic (exact) mass is 145 g/mol. The van der Waals surface area contributed by atoms with Crippen LogP contribution < -0.4 is 0 Å². The van der Waals surface area contributed by atoms with E-state index in [-0.39, 0.29) is 4.75 Å². The van der Waals surface area contributed by atoms with E-state index in [9.17, 15) is 0 Å². The quantitative estimate of drug-likeness (QED) is 0.482. The van der Waals surface area contributed by atoms with Crippen LogP contribution in [0.1, 0.15) is 13.8 Å². The highest BCUT2D eigenvalue weighted by Crippen LogP contribution is 2.29. The SMILES string of the molecule is CC1(C)C=NC(=S)S1. The Morgan fingerprint density at radius 1 is 1.75 bits per heavy atom.